The summed E-state index contributed by atoms with van der Waals surface area (Å²) < 4.78 is 26.7. The fourth-order valence-corrected chi connectivity index (χ4v) is 5.14. The van der Waals surface area contributed by atoms with Crippen molar-refractivity contribution in [3.63, 3.8) is 0 Å². The molecule has 2 heterocycles. The van der Waals surface area contributed by atoms with Crippen LogP contribution in [0.15, 0.2) is 16.3 Å². The van der Waals surface area contributed by atoms with Crippen LogP contribution in [0.2, 0.25) is 0 Å². The highest BCUT2D eigenvalue weighted by Crippen LogP contribution is 2.30. The van der Waals surface area contributed by atoms with Gasteiger partial charge in [-0.15, -0.1) is 11.3 Å². The van der Waals surface area contributed by atoms with Gasteiger partial charge in [0.2, 0.25) is 10.0 Å². The maximum atomic E-state index is 12.5. The lowest BCUT2D eigenvalue weighted by Crippen LogP contribution is -2.48. The Labute approximate surface area is 124 Å². The van der Waals surface area contributed by atoms with E-state index in [-0.39, 0.29) is 0 Å². The first-order valence-corrected chi connectivity index (χ1v) is 9.41. The summed E-state index contributed by atoms with van der Waals surface area (Å²) in [7, 11) is -3.33. The molecule has 7 heteroatoms. The second-order valence-corrected chi connectivity index (χ2v) is 8.53. The van der Waals surface area contributed by atoms with Crippen LogP contribution in [-0.4, -0.2) is 50.3 Å². The number of piperazine rings is 1. The van der Waals surface area contributed by atoms with E-state index in [2.05, 4.69) is 4.90 Å². The first-order chi connectivity index (χ1) is 9.59. The normalized spacial score (nSPS) is 22.2. The quantitative estimate of drug-likeness (QED) is 0.877. The minimum absolute atomic E-state index is 0.398. The van der Waals surface area contributed by atoms with Crippen molar-refractivity contribution < 1.29 is 8.42 Å². The third kappa shape index (κ3) is 3.07. The molecule has 1 aromatic rings. The van der Waals surface area contributed by atoms with Gasteiger partial charge < -0.3 is 10.6 Å². The first-order valence-electron chi connectivity index (χ1n) is 7.09. The molecule has 1 saturated carbocycles. The maximum absolute atomic E-state index is 12.5. The van der Waals surface area contributed by atoms with Crippen molar-refractivity contribution >= 4 is 21.4 Å². The Kier molecular flexibility index (Phi) is 4.14. The third-order valence-electron chi connectivity index (χ3n) is 4.01. The van der Waals surface area contributed by atoms with Crippen LogP contribution in [0.4, 0.5) is 0 Å². The molecule has 2 aliphatic rings. The molecular formula is C13H21N3O2S2. The van der Waals surface area contributed by atoms with E-state index in [0.29, 0.717) is 24.5 Å². The van der Waals surface area contributed by atoms with E-state index in [9.17, 15) is 8.42 Å². The fraction of sp³-hybridized carbons (Fsp3) is 0.692. The Hall–Kier alpha value is -0.470. The molecule has 0 bridgehead atoms. The number of thiophene rings is 1. The summed E-state index contributed by atoms with van der Waals surface area (Å²) in [6.07, 6.45) is 2.69. The van der Waals surface area contributed by atoms with Crippen LogP contribution in [-0.2, 0) is 16.6 Å². The highest BCUT2D eigenvalue weighted by Gasteiger charge is 2.31. The first kappa shape index (κ1) is 14.5. The fourth-order valence-electron chi connectivity index (χ4n) is 2.57. The molecule has 0 spiro atoms. The highest BCUT2D eigenvalue weighted by atomic mass is 32.2. The molecule has 112 valence electrons. The lowest BCUT2D eigenvalue weighted by molar-refractivity contribution is 0.182. The summed E-state index contributed by atoms with van der Waals surface area (Å²) in [4.78, 5) is 3.71. The van der Waals surface area contributed by atoms with Crippen LogP contribution >= 0.6 is 11.3 Å². The van der Waals surface area contributed by atoms with Crippen molar-refractivity contribution in [2.24, 2.45) is 11.7 Å². The number of nitrogens with zero attached hydrogens (tertiary/aromatic N) is 2. The second kappa shape index (κ2) is 5.73. The van der Waals surface area contributed by atoms with Crippen LogP contribution in [0, 0.1) is 5.92 Å². The van der Waals surface area contributed by atoms with Crippen molar-refractivity contribution in [2.75, 3.05) is 32.7 Å². The van der Waals surface area contributed by atoms with Crippen LogP contribution in [0.3, 0.4) is 0 Å². The standard InChI is InChI=1S/C13H21N3O2S2/c14-8-12-7-13(10-19-12)20(17,18)16-5-3-15(4-6-16)9-11-1-2-11/h7,10-11H,1-6,8-9,14H2. The molecular weight excluding hydrogens is 294 g/mol. The highest BCUT2D eigenvalue weighted by molar-refractivity contribution is 7.89. The molecule has 0 atom stereocenters. The van der Waals surface area contributed by atoms with Gasteiger partial charge in [-0.1, -0.05) is 0 Å². The van der Waals surface area contributed by atoms with Crippen LogP contribution < -0.4 is 5.73 Å². The minimum Gasteiger partial charge on any atom is -0.326 e. The zero-order valence-electron chi connectivity index (χ0n) is 11.5. The molecule has 5 nitrogen and oxygen atoms in total. The van der Waals surface area contributed by atoms with E-state index < -0.39 is 10.0 Å². The summed E-state index contributed by atoms with van der Waals surface area (Å²) in [6.45, 7) is 4.44. The van der Waals surface area contributed by atoms with E-state index in [1.54, 1.807) is 15.8 Å². The summed E-state index contributed by atoms with van der Waals surface area (Å²) in [5.41, 5.74) is 5.55. The van der Waals surface area contributed by atoms with Crippen molar-refractivity contribution in [2.45, 2.75) is 24.3 Å². The molecule has 3 rings (SSSR count). The van der Waals surface area contributed by atoms with Crippen LogP contribution in [0.1, 0.15) is 17.7 Å². The van der Waals surface area contributed by atoms with Gasteiger partial charge in [-0.25, -0.2) is 8.42 Å². The molecule has 0 unspecified atom stereocenters. The SMILES string of the molecule is NCc1cc(S(=O)(=O)N2CCN(CC3CC3)CC2)cs1. The van der Waals surface area contributed by atoms with E-state index in [1.165, 1.54) is 24.2 Å². The van der Waals surface area contributed by atoms with Gasteiger partial charge >= 0.3 is 0 Å². The number of sulfonamides is 1. The van der Waals surface area contributed by atoms with E-state index in [0.717, 1.165) is 30.4 Å². The van der Waals surface area contributed by atoms with Gasteiger partial charge in [0.05, 0.1) is 4.90 Å². The molecule has 1 aromatic heterocycles. The number of hydrogen-bond donors (Lipinski definition) is 1. The number of nitrogens with two attached hydrogens (primary N) is 1. The predicted molar refractivity (Wildman–Crippen MR) is 80.1 cm³/mol. The predicted octanol–water partition coefficient (Wildman–Crippen LogP) is 0.923. The molecule has 2 N–H and O–H groups in total. The lowest BCUT2D eigenvalue weighted by atomic mass is 10.3. The molecule has 0 radical (unpaired) electrons. The molecule has 20 heavy (non-hydrogen) atoms. The van der Waals surface area contributed by atoms with Crippen LogP contribution in [0.5, 0.6) is 0 Å². The van der Waals surface area contributed by atoms with E-state index in [1.807, 2.05) is 0 Å². The maximum Gasteiger partial charge on any atom is 0.243 e. The van der Waals surface area contributed by atoms with Gasteiger partial charge in [0.25, 0.3) is 0 Å². The average Bonchev–Trinajstić information content (AvgIpc) is 3.12. The molecule has 2 fully saturated rings. The topological polar surface area (TPSA) is 66.6 Å². The van der Waals surface area contributed by atoms with Crippen molar-refractivity contribution in [1.29, 1.82) is 0 Å². The average molecular weight is 315 g/mol. The zero-order valence-corrected chi connectivity index (χ0v) is 13.1. The van der Waals surface area contributed by atoms with E-state index in [4.69, 9.17) is 5.73 Å². The number of rotatable bonds is 5. The minimum atomic E-state index is -3.33. The monoisotopic (exact) mass is 315 g/mol. The zero-order chi connectivity index (χ0) is 14.2. The summed E-state index contributed by atoms with van der Waals surface area (Å²) >= 11 is 1.42. The van der Waals surface area contributed by atoms with Crippen molar-refractivity contribution in [3.05, 3.63) is 16.3 Å². The Morgan fingerprint density at radius 2 is 1.95 bits per heavy atom. The second-order valence-electron chi connectivity index (χ2n) is 5.60. The Balaban J connectivity index is 1.63. The van der Waals surface area contributed by atoms with Crippen molar-refractivity contribution in [3.8, 4) is 0 Å². The molecule has 1 aliphatic carbocycles. The van der Waals surface area contributed by atoms with Crippen molar-refractivity contribution in [1.82, 2.24) is 9.21 Å². The summed E-state index contributed by atoms with van der Waals surface area (Å²) in [5.74, 6) is 0.863. The van der Waals surface area contributed by atoms with Gasteiger partial charge in [-0.3, -0.25) is 0 Å². The van der Waals surface area contributed by atoms with E-state index >= 15 is 0 Å². The van der Waals surface area contributed by atoms with Gasteiger partial charge in [0.1, 0.15) is 0 Å². The molecule has 1 saturated heterocycles. The smallest absolute Gasteiger partial charge is 0.243 e. The summed E-state index contributed by atoms with van der Waals surface area (Å²) in [6, 6.07) is 1.70. The Bertz CT molecular complexity index is 558. The summed E-state index contributed by atoms with van der Waals surface area (Å²) in [5, 5.41) is 1.70. The van der Waals surface area contributed by atoms with Gasteiger partial charge in [0.15, 0.2) is 0 Å². The van der Waals surface area contributed by atoms with Crippen LogP contribution in [0.25, 0.3) is 0 Å². The number of hydrogen-bond acceptors (Lipinski definition) is 5. The Morgan fingerprint density at radius 1 is 1.25 bits per heavy atom. The van der Waals surface area contributed by atoms with Gasteiger partial charge in [0, 0.05) is 49.5 Å². The van der Waals surface area contributed by atoms with Gasteiger partial charge in [-0.05, 0) is 24.8 Å². The Morgan fingerprint density at radius 3 is 2.50 bits per heavy atom. The molecule has 1 aliphatic heterocycles. The lowest BCUT2D eigenvalue weighted by Gasteiger charge is -2.33. The molecule has 0 amide bonds. The molecule has 0 aromatic carbocycles. The van der Waals surface area contributed by atoms with Gasteiger partial charge in [-0.2, -0.15) is 4.31 Å². The third-order valence-corrected chi connectivity index (χ3v) is 7.00. The largest absolute Gasteiger partial charge is 0.326 e.